The summed E-state index contributed by atoms with van der Waals surface area (Å²) in [6, 6.07) is 18.3. The van der Waals surface area contributed by atoms with Gasteiger partial charge < -0.3 is 20.1 Å². The first kappa shape index (κ1) is 30.8. The zero-order chi connectivity index (χ0) is 30.1. The van der Waals surface area contributed by atoms with E-state index in [1.807, 2.05) is 30.3 Å². The van der Waals surface area contributed by atoms with Crippen molar-refractivity contribution in [1.82, 2.24) is 10.2 Å². The number of hydrogen-bond donors (Lipinski definition) is 2. The molecule has 0 saturated heterocycles. The molecule has 2 aliphatic rings. The number of benzene rings is 3. The van der Waals surface area contributed by atoms with E-state index in [0.717, 1.165) is 47.2 Å². The van der Waals surface area contributed by atoms with Gasteiger partial charge in [0.2, 0.25) is 11.7 Å². The van der Waals surface area contributed by atoms with Crippen molar-refractivity contribution in [2.24, 2.45) is 5.92 Å². The standard InChI is InChI=1S/C32H33F3N2O2.CH2O2/c1-21-4-2-5-23(18-21)20-37(25-11-12-25)32(38)27-19-36-16-15-26(27)24-9-7-22(8-10-24)6-3-17-39-31-29(34)14-13-28(33)30(31)35;2-1-3/h2,4-5,7-10,13-15,18,25,27,36H,3,6,11-12,16-17,19-20H2,1H3;1H,(H,2,3). The summed E-state index contributed by atoms with van der Waals surface area (Å²) in [5, 5.41) is 10.2. The molecule has 1 atom stereocenters. The molecular formula is C33H35F3N2O4. The Labute approximate surface area is 243 Å². The summed E-state index contributed by atoms with van der Waals surface area (Å²) in [7, 11) is 0. The summed E-state index contributed by atoms with van der Waals surface area (Å²) >= 11 is 0. The maximum absolute atomic E-state index is 13.8. The van der Waals surface area contributed by atoms with Crippen molar-refractivity contribution in [2.75, 3.05) is 19.7 Å². The number of rotatable bonds is 10. The Morgan fingerprint density at radius 3 is 2.45 bits per heavy atom. The van der Waals surface area contributed by atoms with Crippen LogP contribution in [0.1, 0.15) is 41.5 Å². The van der Waals surface area contributed by atoms with E-state index < -0.39 is 23.2 Å². The van der Waals surface area contributed by atoms with Crippen LogP contribution in [0.4, 0.5) is 13.2 Å². The molecule has 2 N–H and O–H groups in total. The second-order valence-corrected chi connectivity index (χ2v) is 10.5. The van der Waals surface area contributed by atoms with E-state index in [4.69, 9.17) is 14.6 Å². The number of hydrogen-bond acceptors (Lipinski definition) is 4. The molecule has 3 aromatic carbocycles. The lowest BCUT2D eigenvalue weighted by Crippen LogP contribution is -2.43. The summed E-state index contributed by atoms with van der Waals surface area (Å²) in [5.74, 6) is -4.13. The van der Waals surface area contributed by atoms with Gasteiger partial charge in [0.15, 0.2) is 17.4 Å². The molecule has 5 rings (SSSR count). The van der Waals surface area contributed by atoms with Crippen LogP contribution in [0.5, 0.6) is 5.75 Å². The number of nitrogens with zero attached hydrogens (tertiary/aromatic N) is 1. The van der Waals surface area contributed by atoms with Gasteiger partial charge in [-0.15, -0.1) is 0 Å². The van der Waals surface area contributed by atoms with Crippen LogP contribution in [-0.2, 0) is 22.6 Å². The van der Waals surface area contributed by atoms with E-state index in [0.29, 0.717) is 38.5 Å². The lowest BCUT2D eigenvalue weighted by molar-refractivity contribution is -0.134. The SMILES string of the molecule is Cc1cccc(CN(C(=O)C2CNCC=C2c2ccc(CCCOc3c(F)ccc(F)c3F)cc2)C2CC2)c1.O=CO. The second kappa shape index (κ2) is 14.7. The van der Waals surface area contributed by atoms with Crippen molar-refractivity contribution in [2.45, 2.75) is 45.2 Å². The van der Waals surface area contributed by atoms with E-state index in [1.165, 1.54) is 5.56 Å². The fraction of sp³-hybridized carbons (Fsp3) is 0.333. The molecule has 1 unspecified atom stereocenters. The number of ether oxygens (including phenoxy) is 1. The largest absolute Gasteiger partial charge is 0.488 e. The quantitative estimate of drug-likeness (QED) is 0.177. The van der Waals surface area contributed by atoms with Crippen molar-refractivity contribution in [1.29, 1.82) is 0 Å². The van der Waals surface area contributed by atoms with Gasteiger partial charge in [-0.3, -0.25) is 9.59 Å². The average molecular weight is 581 g/mol. The topological polar surface area (TPSA) is 78.9 Å². The molecule has 0 radical (unpaired) electrons. The van der Waals surface area contributed by atoms with Crippen molar-refractivity contribution in [3.8, 4) is 5.75 Å². The summed E-state index contributed by atoms with van der Waals surface area (Å²) in [6.07, 6.45) is 5.35. The minimum Gasteiger partial charge on any atom is -0.488 e. The smallest absolute Gasteiger partial charge is 0.290 e. The molecule has 1 aliphatic heterocycles. The fourth-order valence-corrected chi connectivity index (χ4v) is 5.14. The molecule has 0 spiro atoms. The van der Waals surface area contributed by atoms with Crippen LogP contribution in [0, 0.1) is 30.3 Å². The average Bonchev–Trinajstić information content (AvgIpc) is 3.84. The van der Waals surface area contributed by atoms with Gasteiger partial charge in [0.05, 0.1) is 12.5 Å². The van der Waals surface area contributed by atoms with Crippen LogP contribution in [0.15, 0.2) is 66.7 Å². The molecule has 6 nitrogen and oxygen atoms in total. The van der Waals surface area contributed by atoms with Gasteiger partial charge in [0.25, 0.3) is 6.47 Å². The molecule has 3 aromatic rings. The third-order valence-corrected chi connectivity index (χ3v) is 7.34. The highest BCUT2D eigenvalue weighted by Crippen LogP contribution is 2.34. The molecule has 42 heavy (non-hydrogen) atoms. The normalized spacial score (nSPS) is 16.1. The van der Waals surface area contributed by atoms with E-state index in [9.17, 15) is 18.0 Å². The van der Waals surface area contributed by atoms with Crippen molar-refractivity contribution in [3.63, 3.8) is 0 Å². The van der Waals surface area contributed by atoms with Crippen LogP contribution < -0.4 is 10.1 Å². The molecule has 1 aliphatic carbocycles. The zero-order valence-corrected chi connectivity index (χ0v) is 23.5. The first-order valence-electron chi connectivity index (χ1n) is 14.0. The number of carbonyl (C=O) groups is 2. The van der Waals surface area contributed by atoms with Crippen molar-refractivity contribution >= 4 is 18.0 Å². The summed E-state index contributed by atoms with van der Waals surface area (Å²) in [6.45, 7) is 3.82. The minimum atomic E-state index is -1.31. The third kappa shape index (κ3) is 8.00. The first-order valence-corrected chi connectivity index (χ1v) is 14.0. The summed E-state index contributed by atoms with van der Waals surface area (Å²) < 4.78 is 46.0. The molecular weight excluding hydrogens is 545 g/mol. The Bertz CT molecular complexity index is 1410. The van der Waals surface area contributed by atoms with E-state index >= 15 is 0 Å². The van der Waals surface area contributed by atoms with E-state index in [2.05, 4.69) is 41.4 Å². The highest BCUT2D eigenvalue weighted by Gasteiger charge is 2.37. The first-order chi connectivity index (χ1) is 20.3. The molecule has 1 heterocycles. The molecule has 0 aromatic heterocycles. The number of nitrogens with one attached hydrogen (secondary N) is 1. The van der Waals surface area contributed by atoms with E-state index in [1.54, 1.807) is 0 Å². The Hall–Kier alpha value is -4.11. The summed E-state index contributed by atoms with van der Waals surface area (Å²) in [5.41, 5.74) is 5.45. The van der Waals surface area contributed by atoms with Gasteiger partial charge in [0, 0.05) is 25.7 Å². The van der Waals surface area contributed by atoms with Gasteiger partial charge in [-0.25, -0.2) is 8.78 Å². The predicted octanol–water partition coefficient (Wildman–Crippen LogP) is 5.92. The van der Waals surface area contributed by atoms with Gasteiger partial charge in [-0.05, 0) is 67.0 Å². The lowest BCUT2D eigenvalue weighted by Gasteiger charge is -2.31. The Balaban J connectivity index is 0.00000129. The van der Waals surface area contributed by atoms with Crippen LogP contribution >= 0.6 is 0 Å². The number of aryl methyl sites for hydroxylation is 2. The number of carboxylic acid groups (broad SMARTS) is 1. The van der Waals surface area contributed by atoms with Gasteiger partial charge >= 0.3 is 0 Å². The highest BCUT2D eigenvalue weighted by molar-refractivity contribution is 5.93. The molecule has 222 valence electrons. The van der Waals surface area contributed by atoms with Gasteiger partial charge in [0.1, 0.15) is 0 Å². The van der Waals surface area contributed by atoms with Crippen LogP contribution in [0.25, 0.3) is 5.57 Å². The zero-order valence-electron chi connectivity index (χ0n) is 23.5. The minimum absolute atomic E-state index is 0.0599. The van der Waals surface area contributed by atoms with Crippen LogP contribution in [0.3, 0.4) is 0 Å². The molecule has 1 amide bonds. The fourth-order valence-electron chi connectivity index (χ4n) is 5.14. The molecule has 1 saturated carbocycles. The van der Waals surface area contributed by atoms with Crippen molar-refractivity contribution in [3.05, 3.63) is 106 Å². The van der Waals surface area contributed by atoms with Gasteiger partial charge in [-0.2, -0.15) is 4.39 Å². The van der Waals surface area contributed by atoms with Gasteiger partial charge in [-0.1, -0.05) is 60.2 Å². The molecule has 1 fully saturated rings. The van der Waals surface area contributed by atoms with Crippen molar-refractivity contribution < 1.29 is 32.6 Å². The number of amides is 1. The highest BCUT2D eigenvalue weighted by atomic mass is 19.2. The maximum atomic E-state index is 13.8. The maximum Gasteiger partial charge on any atom is 0.290 e. The summed E-state index contributed by atoms with van der Waals surface area (Å²) in [4.78, 5) is 24.2. The molecule has 0 bridgehead atoms. The second-order valence-electron chi connectivity index (χ2n) is 10.5. The van der Waals surface area contributed by atoms with E-state index in [-0.39, 0.29) is 24.9 Å². The van der Waals surface area contributed by atoms with Crippen LogP contribution in [0.2, 0.25) is 0 Å². The number of halogens is 3. The lowest BCUT2D eigenvalue weighted by atomic mass is 9.88. The molecule has 9 heteroatoms. The Kier molecular flexibility index (Phi) is 10.8. The monoisotopic (exact) mass is 580 g/mol. The predicted molar refractivity (Wildman–Crippen MR) is 154 cm³/mol. The Morgan fingerprint density at radius 1 is 1.05 bits per heavy atom. The van der Waals surface area contributed by atoms with Crippen LogP contribution in [-0.4, -0.2) is 48.1 Å². The number of carbonyl (C=O) groups excluding carboxylic acids is 1. The Morgan fingerprint density at radius 2 is 1.76 bits per heavy atom. The third-order valence-electron chi connectivity index (χ3n) is 7.34.